The maximum Gasteiger partial charge on any atom is 0.491 e. The fraction of sp³-hybridized carbons (Fsp3) is 0.211. The third kappa shape index (κ3) is 7.35. The third-order valence-corrected chi connectivity index (χ3v) is 4.88. The highest BCUT2D eigenvalue weighted by atomic mass is 32.2. The van der Waals surface area contributed by atoms with Crippen LogP contribution in [0.4, 0.5) is 18.9 Å². The summed E-state index contributed by atoms with van der Waals surface area (Å²) in [6.45, 7) is 0.0180. The summed E-state index contributed by atoms with van der Waals surface area (Å²) in [6.07, 6.45) is -5.03. The van der Waals surface area contributed by atoms with Crippen LogP contribution in [0.1, 0.15) is 21.5 Å². The van der Waals surface area contributed by atoms with E-state index in [9.17, 15) is 31.2 Å². The molecule has 13 heteroatoms. The molecule has 9 nitrogen and oxygen atoms in total. The largest absolute Gasteiger partial charge is 0.491 e. The monoisotopic (exact) mass is 473 g/mol. The van der Waals surface area contributed by atoms with E-state index in [4.69, 9.17) is 15.9 Å². The third-order valence-electron chi connectivity index (χ3n) is 3.87. The lowest BCUT2D eigenvalue weighted by molar-refractivity contribution is -0.193. The lowest BCUT2D eigenvalue weighted by Gasteiger charge is -2.12. The topological polar surface area (TPSA) is 149 Å². The highest BCUT2D eigenvalue weighted by Crippen LogP contribution is 2.21. The van der Waals surface area contributed by atoms with E-state index in [2.05, 4.69) is 4.74 Å². The number of esters is 2. The molecule has 0 aromatic heterocycles. The number of nitrogen functional groups attached to an aromatic ring is 1. The van der Waals surface area contributed by atoms with E-state index in [1.807, 2.05) is 4.72 Å². The average Bonchev–Trinajstić information content (AvgIpc) is 2.71. The van der Waals surface area contributed by atoms with Gasteiger partial charge in [0.25, 0.3) is 10.0 Å². The Kier molecular flexibility index (Phi) is 7.94. The van der Waals surface area contributed by atoms with Crippen molar-refractivity contribution >= 4 is 33.5 Å². The number of carbonyl (C=O) groups excluding carboxylic acids is 2. The fourth-order valence-electron chi connectivity index (χ4n) is 2.35. The van der Waals surface area contributed by atoms with Gasteiger partial charge in [0.1, 0.15) is 5.84 Å². The maximum absolute atomic E-state index is 12.3. The van der Waals surface area contributed by atoms with Crippen LogP contribution in [-0.2, 0) is 30.7 Å². The van der Waals surface area contributed by atoms with Crippen molar-refractivity contribution in [3.8, 4) is 0 Å². The number of anilines is 1. The van der Waals surface area contributed by atoms with Crippen LogP contribution in [0.5, 0.6) is 0 Å². The van der Waals surface area contributed by atoms with Crippen molar-refractivity contribution in [2.24, 2.45) is 5.73 Å². The van der Waals surface area contributed by atoms with Gasteiger partial charge in [-0.05, 0) is 24.1 Å². The molecule has 0 amide bonds. The molecule has 0 aliphatic rings. The molecular formula is C19H18F3N3O6S. The van der Waals surface area contributed by atoms with Gasteiger partial charge in [0.05, 0.1) is 17.9 Å². The van der Waals surface area contributed by atoms with E-state index in [0.29, 0.717) is 12.0 Å². The molecule has 32 heavy (non-hydrogen) atoms. The van der Waals surface area contributed by atoms with Crippen LogP contribution >= 0.6 is 0 Å². The van der Waals surface area contributed by atoms with E-state index >= 15 is 0 Å². The first kappa shape index (κ1) is 24.8. The second-order valence-corrected chi connectivity index (χ2v) is 7.99. The number of hydrogen-bond donors (Lipinski definition) is 3. The molecule has 0 aliphatic carbocycles. The Hall–Kier alpha value is -3.45. The number of benzene rings is 2. The molecule has 4 N–H and O–H groups in total. The molecule has 0 unspecified atom stereocenters. The lowest BCUT2D eigenvalue weighted by Crippen LogP contribution is -2.28. The van der Waals surface area contributed by atoms with Crippen molar-refractivity contribution in [3.05, 3.63) is 65.2 Å². The number of alkyl halides is 3. The number of sulfonamides is 1. The quantitative estimate of drug-likeness (QED) is 0.166. The van der Waals surface area contributed by atoms with E-state index in [-0.39, 0.29) is 18.1 Å². The highest BCUT2D eigenvalue weighted by Gasteiger charge is 2.42. The first-order valence-electron chi connectivity index (χ1n) is 8.83. The summed E-state index contributed by atoms with van der Waals surface area (Å²) in [5, 5.41) is 7.32. The number of para-hydroxylation sites is 1. The van der Waals surface area contributed by atoms with E-state index in [1.165, 1.54) is 12.1 Å². The molecule has 0 radical (unpaired) electrons. The zero-order chi connectivity index (χ0) is 23.9. The summed E-state index contributed by atoms with van der Waals surface area (Å²) in [6, 6.07) is 11.4. The summed E-state index contributed by atoms with van der Waals surface area (Å²) >= 11 is 0. The molecular weight excluding hydrogens is 455 g/mol. The standard InChI is InChI=1S/C19H18F3N3O6S/c20-19(21,22)18(27)31-17(26)14-3-1-2-4-15(14)25-32(28,29)11-30-10-9-12-5-7-13(8-6-12)16(23)24/h1-8,25H,9-11H2,(H3,23,24). The van der Waals surface area contributed by atoms with Crippen molar-refractivity contribution in [1.29, 1.82) is 5.41 Å². The van der Waals surface area contributed by atoms with Gasteiger partial charge in [-0.3, -0.25) is 10.1 Å². The highest BCUT2D eigenvalue weighted by molar-refractivity contribution is 7.92. The Bertz CT molecular complexity index is 1100. The molecule has 0 saturated heterocycles. The molecule has 172 valence electrons. The Labute approximate surface area is 180 Å². The van der Waals surface area contributed by atoms with Crippen LogP contribution < -0.4 is 10.5 Å². The molecule has 2 aromatic carbocycles. The van der Waals surface area contributed by atoms with Crippen LogP contribution in [0.3, 0.4) is 0 Å². The van der Waals surface area contributed by atoms with Gasteiger partial charge in [-0.15, -0.1) is 0 Å². The Morgan fingerprint density at radius 1 is 1.06 bits per heavy atom. The number of amidine groups is 1. The van der Waals surface area contributed by atoms with Crippen LogP contribution in [0.2, 0.25) is 0 Å². The van der Waals surface area contributed by atoms with Crippen molar-refractivity contribution < 1.29 is 40.7 Å². The van der Waals surface area contributed by atoms with Gasteiger partial charge < -0.3 is 15.2 Å². The van der Waals surface area contributed by atoms with Crippen molar-refractivity contribution in [2.75, 3.05) is 17.3 Å². The van der Waals surface area contributed by atoms with E-state index < -0.39 is 39.6 Å². The van der Waals surface area contributed by atoms with Gasteiger partial charge in [0, 0.05) is 5.56 Å². The van der Waals surface area contributed by atoms with Crippen LogP contribution in [0, 0.1) is 5.41 Å². The van der Waals surface area contributed by atoms with Gasteiger partial charge in [0.15, 0.2) is 5.94 Å². The molecule has 0 heterocycles. The average molecular weight is 473 g/mol. The number of nitrogens with one attached hydrogen (secondary N) is 2. The Morgan fingerprint density at radius 3 is 2.28 bits per heavy atom. The fourth-order valence-corrected chi connectivity index (χ4v) is 3.26. The number of carbonyl (C=O) groups is 2. The van der Waals surface area contributed by atoms with E-state index in [1.54, 1.807) is 24.3 Å². The smallest absolute Gasteiger partial charge is 0.384 e. The van der Waals surface area contributed by atoms with Crippen LogP contribution in [0.25, 0.3) is 0 Å². The molecule has 2 rings (SSSR count). The molecule has 0 aliphatic heterocycles. The molecule has 0 saturated carbocycles. The number of halogens is 3. The normalized spacial score (nSPS) is 11.6. The van der Waals surface area contributed by atoms with Crippen molar-refractivity contribution in [3.63, 3.8) is 0 Å². The first-order chi connectivity index (χ1) is 14.9. The SMILES string of the molecule is N=C(N)c1ccc(CCOCS(=O)(=O)Nc2ccccc2C(=O)OC(=O)C(F)(F)F)cc1. The van der Waals surface area contributed by atoms with Crippen LogP contribution in [-0.4, -0.2) is 44.9 Å². The second-order valence-electron chi connectivity index (χ2n) is 6.32. The van der Waals surface area contributed by atoms with Gasteiger partial charge >= 0.3 is 18.1 Å². The molecule has 0 fully saturated rings. The number of rotatable bonds is 9. The number of ether oxygens (including phenoxy) is 2. The lowest BCUT2D eigenvalue weighted by atomic mass is 10.1. The second kappa shape index (κ2) is 10.2. The summed E-state index contributed by atoms with van der Waals surface area (Å²) in [4.78, 5) is 22.7. The zero-order valence-electron chi connectivity index (χ0n) is 16.3. The van der Waals surface area contributed by atoms with Gasteiger partial charge in [-0.1, -0.05) is 36.4 Å². The molecule has 0 atom stereocenters. The summed E-state index contributed by atoms with van der Waals surface area (Å²) in [5.74, 6) is -5.28. The van der Waals surface area contributed by atoms with Crippen LogP contribution in [0.15, 0.2) is 48.5 Å². The molecule has 0 bridgehead atoms. The molecule has 0 spiro atoms. The minimum Gasteiger partial charge on any atom is -0.384 e. The molecule has 2 aromatic rings. The zero-order valence-corrected chi connectivity index (χ0v) is 17.1. The van der Waals surface area contributed by atoms with Gasteiger partial charge in [-0.25, -0.2) is 18.0 Å². The van der Waals surface area contributed by atoms with Crippen molar-refractivity contribution in [1.82, 2.24) is 0 Å². The van der Waals surface area contributed by atoms with Gasteiger partial charge in [-0.2, -0.15) is 13.2 Å². The number of hydrogen-bond acceptors (Lipinski definition) is 7. The summed E-state index contributed by atoms with van der Waals surface area (Å²) in [7, 11) is -4.15. The van der Waals surface area contributed by atoms with Gasteiger partial charge in [0.2, 0.25) is 0 Å². The predicted molar refractivity (Wildman–Crippen MR) is 107 cm³/mol. The first-order valence-corrected chi connectivity index (χ1v) is 10.5. The summed E-state index contributed by atoms with van der Waals surface area (Å²) in [5.41, 5.74) is 5.74. The Balaban J connectivity index is 1.95. The minimum atomic E-state index is -5.38. The number of nitrogens with two attached hydrogens (primary N) is 1. The predicted octanol–water partition coefficient (Wildman–Crippen LogP) is 2.17. The Morgan fingerprint density at radius 2 is 1.69 bits per heavy atom. The van der Waals surface area contributed by atoms with E-state index in [0.717, 1.165) is 17.7 Å². The maximum atomic E-state index is 12.3. The minimum absolute atomic E-state index is 0.0180. The van der Waals surface area contributed by atoms with Crippen molar-refractivity contribution in [2.45, 2.75) is 12.6 Å². The summed E-state index contributed by atoms with van der Waals surface area (Å²) < 4.78 is 72.1.